The molecule has 0 saturated carbocycles. The number of phenols is 1. The minimum absolute atomic E-state index is 0.0138. The first-order valence-corrected chi connectivity index (χ1v) is 10.5. The minimum atomic E-state index is -4.89. The quantitative estimate of drug-likeness (QED) is 0.666. The zero-order valence-electron chi connectivity index (χ0n) is 15.7. The summed E-state index contributed by atoms with van der Waals surface area (Å²) in [5.41, 5.74) is 6.15. The average molecular weight is 441 g/mol. The zero-order valence-corrected chi connectivity index (χ0v) is 16.5. The summed E-state index contributed by atoms with van der Waals surface area (Å²) >= 11 is 0. The monoisotopic (exact) mass is 441 g/mol. The fourth-order valence-corrected chi connectivity index (χ4v) is 4.81. The van der Waals surface area contributed by atoms with Crippen molar-refractivity contribution in [3.05, 3.63) is 72.5 Å². The fraction of sp³-hybridized carbons (Fsp3) is 0.200. The van der Waals surface area contributed by atoms with Crippen molar-refractivity contribution in [2.75, 3.05) is 18.8 Å². The van der Waals surface area contributed by atoms with E-state index in [-0.39, 0.29) is 24.5 Å². The maximum Gasteiger partial charge on any atom is 0.408 e. The van der Waals surface area contributed by atoms with Gasteiger partial charge in [0.1, 0.15) is 30.0 Å². The van der Waals surface area contributed by atoms with E-state index in [1.165, 1.54) is 60.8 Å². The molecule has 0 saturated heterocycles. The molecule has 0 radical (unpaired) electrons. The van der Waals surface area contributed by atoms with Crippen LogP contribution in [0.4, 0.5) is 18.9 Å². The Morgan fingerprint density at radius 1 is 1.03 bits per heavy atom. The van der Waals surface area contributed by atoms with Crippen molar-refractivity contribution < 1.29 is 31.4 Å². The van der Waals surface area contributed by atoms with E-state index < -0.39 is 25.8 Å². The molecule has 6 nitrogen and oxygen atoms in total. The summed E-state index contributed by atoms with van der Waals surface area (Å²) in [6, 6.07) is 11.7. The van der Waals surface area contributed by atoms with Gasteiger partial charge in [-0.15, -0.1) is 0 Å². The van der Waals surface area contributed by atoms with E-state index in [0.29, 0.717) is 17.1 Å². The van der Waals surface area contributed by atoms with E-state index in [2.05, 4.69) is 0 Å². The number of nitrogens with zero attached hydrogens (tertiary/aromatic N) is 1. The number of hydrogen-bond acceptors (Lipinski definition) is 5. The number of alkyl halides is 3. The third kappa shape index (κ3) is 4.66. The summed E-state index contributed by atoms with van der Waals surface area (Å²) in [6.07, 6.45) is -0.542. The molecule has 2 aromatic rings. The summed E-state index contributed by atoms with van der Waals surface area (Å²) in [4.78, 5) is 0. The molecule has 1 atom stereocenters. The van der Waals surface area contributed by atoms with Crippen LogP contribution in [0.2, 0.25) is 0 Å². The topological polar surface area (TPSA) is 89.6 Å². The van der Waals surface area contributed by atoms with Crippen LogP contribution in [0.1, 0.15) is 0 Å². The van der Waals surface area contributed by atoms with Crippen molar-refractivity contribution in [3.8, 4) is 17.2 Å². The summed E-state index contributed by atoms with van der Waals surface area (Å²) in [5, 5.41) is 9.32. The van der Waals surface area contributed by atoms with Gasteiger partial charge >= 0.3 is 16.2 Å². The van der Waals surface area contributed by atoms with Crippen LogP contribution in [0.3, 0.4) is 0 Å². The molecular formula is C20H20F3N2O4S+. The van der Waals surface area contributed by atoms with Gasteiger partial charge in [-0.2, -0.15) is 25.5 Å². The zero-order chi connectivity index (χ0) is 22.0. The van der Waals surface area contributed by atoms with Crippen LogP contribution < -0.4 is 14.4 Å². The number of quaternary nitrogens is 1. The van der Waals surface area contributed by atoms with Gasteiger partial charge in [-0.25, -0.2) is 0 Å². The largest absolute Gasteiger partial charge is 0.508 e. The molecule has 1 unspecified atom stereocenters. The molecule has 2 aromatic carbocycles. The fourth-order valence-electron chi connectivity index (χ4n) is 3.12. The Bertz CT molecular complexity index is 1060. The van der Waals surface area contributed by atoms with E-state index in [1.54, 1.807) is 6.08 Å². The molecule has 3 N–H and O–H groups in total. The van der Waals surface area contributed by atoms with Crippen molar-refractivity contribution in [3.63, 3.8) is 0 Å². The summed E-state index contributed by atoms with van der Waals surface area (Å²) < 4.78 is 69.4. The molecular weight excluding hydrogens is 421 g/mol. The molecule has 0 fully saturated rings. The molecule has 160 valence electrons. The number of sulfonamides is 1. The molecule has 0 aromatic heterocycles. The first-order chi connectivity index (χ1) is 14.0. The second-order valence-corrected chi connectivity index (χ2v) is 8.82. The van der Waals surface area contributed by atoms with Crippen molar-refractivity contribution in [1.29, 1.82) is 0 Å². The SMILES string of the molecule is NCC1=C[N+](c2ccc(Oc3ccc(O)cc3)cc2)(S(=O)(=O)CC(F)(F)F)CC=C1. The van der Waals surface area contributed by atoms with Gasteiger partial charge in [-0.05, 0) is 42.5 Å². The predicted octanol–water partition coefficient (Wildman–Crippen LogP) is 3.80. The molecule has 3 rings (SSSR count). The number of aromatic hydroxyl groups is 1. The lowest BCUT2D eigenvalue weighted by Gasteiger charge is -2.34. The van der Waals surface area contributed by atoms with Gasteiger partial charge in [-0.3, -0.25) is 0 Å². The van der Waals surface area contributed by atoms with Crippen molar-refractivity contribution in [1.82, 2.24) is 3.89 Å². The average Bonchev–Trinajstić information content (AvgIpc) is 2.68. The van der Waals surface area contributed by atoms with E-state index in [4.69, 9.17) is 10.5 Å². The van der Waals surface area contributed by atoms with E-state index in [9.17, 15) is 26.7 Å². The van der Waals surface area contributed by atoms with Gasteiger partial charge < -0.3 is 15.6 Å². The lowest BCUT2D eigenvalue weighted by Crippen LogP contribution is -2.54. The van der Waals surface area contributed by atoms with Crippen LogP contribution in [0.5, 0.6) is 17.2 Å². The number of phenolic OH excluding ortho intramolecular Hbond substituents is 1. The predicted molar refractivity (Wildman–Crippen MR) is 107 cm³/mol. The third-order valence-electron chi connectivity index (χ3n) is 4.51. The Hall–Kier alpha value is -2.82. The van der Waals surface area contributed by atoms with Crippen LogP contribution >= 0.6 is 0 Å². The summed E-state index contributed by atoms with van der Waals surface area (Å²) in [5.74, 6) is -1.11. The first-order valence-electron chi connectivity index (χ1n) is 8.88. The molecule has 0 spiro atoms. The van der Waals surface area contributed by atoms with Gasteiger partial charge in [0.15, 0.2) is 11.4 Å². The second kappa shape index (κ2) is 8.13. The lowest BCUT2D eigenvalue weighted by molar-refractivity contribution is -0.106. The van der Waals surface area contributed by atoms with Crippen molar-refractivity contribution >= 4 is 15.7 Å². The number of ether oxygens (including phenoxy) is 1. The Balaban J connectivity index is 1.99. The minimum Gasteiger partial charge on any atom is -0.508 e. The maximum absolute atomic E-state index is 13.0. The van der Waals surface area contributed by atoms with E-state index >= 15 is 0 Å². The van der Waals surface area contributed by atoms with Crippen LogP contribution in [-0.4, -0.2) is 38.5 Å². The van der Waals surface area contributed by atoms with Gasteiger partial charge in [0, 0.05) is 24.3 Å². The van der Waals surface area contributed by atoms with Gasteiger partial charge in [0.05, 0.1) is 0 Å². The van der Waals surface area contributed by atoms with E-state index in [1.807, 2.05) is 0 Å². The van der Waals surface area contributed by atoms with E-state index in [0.717, 1.165) is 0 Å². The number of benzene rings is 2. The van der Waals surface area contributed by atoms with Crippen LogP contribution in [0, 0.1) is 0 Å². The molecule has 1 aliphatic rings. The molecule has 0 bridgehead atoms. The molecule has 30 heavy (non-hydrogen) atoms. The molecule has 1 aliphatic heterocycles. The van der Waals surface area contributed by atoms with Crippen molar-refractivity contribution in [2.24, 2.45) is 5.73 Å². The molecule has 10 heteroatoms. The number of halogens is 3. The highest BCUT2D eigenvalue weighted by molar-refractivity contribution is 7.91. The van der Waals surface area contributed by atoms with Crippen LogP contribution in [0.25, 0.3) is 0 Å². The Morgan fingerprint density at radius 3 is 2.13 bits per heavy atom. The maximum atomic E-state index is 13.0. The Morgan fingerprint density at radius 2 is 1.60 bits per heavy atom. The van der Waals surface area contributed by atoms with Crippen LogP contribution in [-0.2, 0) is 10.0 Å². The lowest BCUT2D eigenvalue weighted by atomic mass is 10.2. The normalized spacial score (nSPS) is 19.4. The van der Waals surface area contributed by atoms with Gasteiger partial charge in [0.2, 0.25) is 0 Å². The Labute approximate surface area is 171 Å². The number of nitrogens with two attached hydrogens (primary N) is 1. The number of hydrogen-bond donors (Lipinski definition) is 2. The first kappa shape index (κ1) is 21.9. The molecule has 0 amide bonds. The molecule has 1 heterocycles. The number of rotatable bonds is 6. The highest BCUT2D eigenvalue weighted by Gasteiger charge is 2.50. The van der Waals surface area contributed by atoms with Gasteiger partial charge in [-0.1, -0.05) is 6.08 Å². The third-order valence-corrected chi connectivity index (χ3v) is 6.66. The highest BCUT2D eigenvalue weighted by Crippen LogP contribution is 2.36. The second-order valence-electron chi connectivity index (χ2n) is 6.72. The highest BCUT2D eigenvalue weighted by atomic mass is 32.2. The standard InChI is InChI=1S/C20H19F3N2O4S/c21-20(22,23)14-30(27,28)25(11-1-2-15(12-24)13-25)16-3-7-18(8-4-16)29-19-9-5-17(26)6-10-19/h1-10,13H,11-12,14,24H2/p+1. The Kier molecular flexibility index (Phi) is 5.93. The van der Waals surface area contributed by atoms with Crippen molar-refractivity contribution in [2.45, 2.75) is 6.18 Å². The summed E-state index contributed by atoms with van der Waals surface area (Å²) in [7, 11) is -4.71. The smallest absolute Gasteiger partial charge is 0.408 e. The molecule has 0 aliphatic carbocycles. The van der Waals surface area contributed by atoms with Gasteiger partial charge in [0.25, 0.3) is 0 Å². The van der Waals surface area contributed by atoms with Crippen LogP contribution in [0.15, 0.2) is 72.5 Å². The summed E-state index contributed by atoms with van der Waals surface area (Å²) in [6.45, 7) is -0.208.